The summed E-state index contributed by atoms with van der Waals surface area (Å²) in [6.07, 6.45) is 7.11. The largest absolute Gasteiger partial charge is 0.291 e. The molecule has 0 radical (unpaired) electrons. The Bertz CT molecular complexity index is 516. The second-order valence-electron chi connectivity index (χ2n) is 6.08. The van der Waals surface area contributed by atoms with E-state index in [1.807, 2.05) is 10.6 Å². The normalized spacial score (nSPS) is 21.2. The van der Waals surface area contributed by atoms with Gasteiger partial charge >= 0.3 is 0 Å². The molecule has 0 saturated carbocycles. The third-order valence-corrected chi connectivity index (χ3v) is 3.64. The van der Waals surface area contributed by atoms with Gasteiger partial charge in [-0.1, -0.05) is 27.7 Å². The lowest BCUT2D eigenvalue weighted by atomic mass is 9.82. The number of rotatable bonds is 0. The third-order valence-electron chi connectivity index (χ3n) is 3.64. The number of nitrogens with zero attached hydrogens (tertiary/aromatic N) is 3. The fraction of sp³-hybridized carbons (Fsp3) is 0.538. The lowest BCUT2D eigenvalue weighted by Gasteiger charge is -2.21. The minimum Gasteiger partial charge on any atom is -0.291 e. The van der Waals surface area contributed by atoms with Crippen molar-refractivity contribution in [1.29, 1.82) is 0 Å². The van der Waals surface area contributed by atoms with Gasteiger partial charge in [-0.05, 0) is 17.4 Å². The molecule has 1 aliphatic rings. The van der Waals surface area contributed by atoms with Crippen molar-refractivity contribution < 1.29 is 0 Å². The average molecular weight is 215 g/mol. The second-order valence-corrected chi connectivity index (χ2v) is 6.08. The van der Waals surface area contributed by atoms with Crippen LogP contribution in [0.1, 0.15) is 45.4 Å². The standard InChI is InChI=1S/C13H17N3/c1-12(2)8-13(3,4)10-9(12)7-16-6-5-14-11(16)15-10/h5-7H,8H2,1-4H3. The van der Waals surface area contributed by atoms with Crippen molar-refractivity contribution in [2.24, 2.45) is 0 Å². The molecule has 3 heteroatoms. The summed E-state index contributed by atoms with van der Waals surface area (Å²) in [6, 6.07) is 0. The number of hydrogen-bond donors (Lipinski definition) is 0. The summed E-state index contributed by atoms with van der Waals surface area (Å²) in [5.74, 6) is 0.810. The molecule has 0 spiro atoms. The molecule has 2 heterocycles. The topological polar surface area (TPSA) is 30.2 Å². The number of aromatic nitrogens is 3. The highest BCUT2D eigenvalue weighted by Crippen LogP contribution is 2.48. The van der Waals surface area contributed by atoms with E-state index in [0.29, 0.717) is 0 Å². The Kier molecular flexibility index (Phi) is 1.63. The van der Waals surface area contributed by atoms with E-state index in [0.717, 1.165) is 12.2 Å². The van der Waals surface area contributed by atoms with Crippen LogP contribution in [0.3, 0.4) is 0 Å². The van der Waals surface area contributed by atoms with E-state index in [-0.39, 0.29) is 10.8 Å². The molecule has 0 amide bonds. The Hall–Kier alpha value is -1.38. The molecule has 0 aromatic carbocycles. The monoisotopic (exact) mass is 215 g/mol. The maximum absolute atomic E-state index is 4.72. The first-order chi connectivity index (χ1) is 7.40. The Balaban J connectivity index is 2.37. The molecule has 0 N–H and O–H groups in total. The molecule has 0 saturated heterocycles. The smallest absolute Gasteiger partial charge is 0.233 e. The van der Waals surface area contributed by atoms with Crippen molar-refractivity contribution in [3.63, 3.8) is 0 Å². The van der Waals surface area contributed by atoms with Gasteiger partial charge in [0.2, 0.25) is 5.78 Å². The van der Waals surface area contributed by atoms with Crippen LogP contribution >= 0.6 is 0 Å². The zero-order valence-corrected chi connectivity index (χ0v) is 10.3. The lowest BCUT2D eigenvalue weighted by Crippen LogP contribution is -2.18. The summed E-state index contributed by atoms with van der Waals surface area (Å²) in [6.45, 7) is 9.14. The van der Waals surface area contributed by atoms with Crippen LogP contribution in [-0.4, -0.2) is 14.4 Å². The Morgan fingerprint density at radius 2 is 1.94 bits per heavy atom. The highest BCUT2D eigenvalue weighted by atomic mass is 15.1. The molecule has 2 aromatic rings. The van der Waals surface area contributed by atoms with E-state index in [1.165, 1.54) is 11.3 Å². The van der Waals surface area contributed by atoms with Crippen LogP contribution in [0.2, 0.25) is 0 Å². The van der Waals surface area contributed by atoms with E-state index in [4.69, 9.17) is 4.98 Å². The van der Waals surface area contributed by atoms with Gasteiger partial charge in [0.25, 0.3) is 0 Å². The van der Waals surface area contributed by atoms with Gasteiger partial charge in [-0.15, -0.1) is 0 Å². The van der Waals surface area contributed by atoms with E-state index in [9.17, 15) is 0 Å². The van der Waals surface area contributed by atoms with Gasteiger partial charge in [-0.25, -0.2) is 9.97 Å². The molecule has 2 aromatic heterocycles. The Morgan fingerprint density at radius 1 is 1.19 bits per heavy atom. The van der Waals surface area contributed by atoms with Gasteiger partial charge in [0.05, 0.1) is 5.69 Å². The summed E-state index contributed by atoms with van der Waals surface area (Å²) < 4.78 is 2.02. The van der Waals surface area contributed by atoms with Gasteiger partial charge < -0.3 is 0 Å². The summed E-state index contributed by atoms with van der Waals surface area (Å²) in [5, 5.41) is 0. The zero-order valence-electron chi connectivity index (χ0n) is 10.3. The van der Waals surface area contributed by atoms with Crippen LogP contribution in [0.15, 0.2) is 18.6 Å². The molecule has 16 heavy (non-hydrogen) atoms. The van der Waals surface area contributed by atoms with Crippen molar-refractivity contribution in [3.05, 3.63) is 29.8 Å². The number of hydrogen-bond acceptors (Lipinski definition) is 2. The molecule has 1 aliphatic carbocycles. The van der Waals surface area contributed by atoms with E-state index < -0.39 is 0 Å². The highest BCUT2D eigenvalue weighted by Gasteiger charge is 2.43. The molecule has 3 nitrogen and oxygen atoms in total. The van der Waals surface area contributed by atoms with Crippen LogP contribution in [0, 0.1) is 0 Å². The minimum atomic E-state index is 0.159. The van der Waals surface area contributed by atoms with Crippen LogP contribution in [0.5, 0.6) is 0 Å². The van der Waals surface area contributed by atoms with Crippen LogP contribution in [0.25, 0.3) is 5.78 Å². The molecular weight excluding hydrogens is 198 g/mol. The quantitative estimate of drug-likeness (QED) is 0.676. The molecule has 0 atom stereocenters. The molecular formula is C13H17N3. The van der Waals surface area contributed by atoms with Crippen molar-refractivity contribution >= 4 is 5.78 Å². The van der Waals surface area contributed by atoms with Crippen molar-refractivity contribution in [2.45, 2.75) is 44.9 Å². The van der Waals surface area contributed by atoms with Crippen LogP contribution < -0.4 is 0 Å². The number of fused-ring (bicyclic) bond motifs is 2. The van der Waals surface area contributed by atoms with Gasteiger partial charge in [-0.3, -0.25) is 4.40 Å². The molecule has 3 rings (SSSR count). The summed E-state index contributed by atoms with van der Waals surface area (Å²) >= 11 is 0. The molecule has 0 aliphatic heterocycles. The molecule has 0 fully saturated rings. The first-order valence-corrected chi connectivity index (χ1v) is 5.75. The molecule has 0 unspecified atom stereocenters. The second kappa shape index (κ2) is 2.65. The van der Waals surface area contributed by atoms with E-state index >= 15 is 0 Å². The zero-order chi connectivity index (χ0) is 11.6. The number of imidazole rings is 1. The van der Waals surface area contributed by atoms with Gasteiger partial charge in [0.1, 0.15) is 0 Å². The van der Waals surface area contributed by atoms with Crippen molar-refractivity contribution in [3.8, 4) is 0 Å². The summed E-state index contributed by atoms with van der Waals surface area (Å²) in [5.41, 5.74) is 2.95. The fourth-order valence-electron chi connectivity index (χ4n) is 3.15. The van der Waals surface area contributed by atoms with E-state index in [1.54, 1.807) is 6.20 Å². The average Bonchev–Trinajstić information content (AvgIpc) is 2.66. The van der Waals surface area contributed by atoms with Crippen molar-refractivity contribution in [1.82, 2.24) is 14.4 Å². The predicted octanol–water partition coefficient (Wildman–Crippen LogP) is 2.69. The summed E-state index contributed by atoms with van der Waals surface area (Å²) in [4.78, 5) is 8.98. The van der Waals surface area contributed by atoms with Crippen molar-refractivity contribution in [2.75, 3.05) is 0 Å². The minimum absolute atomic E-state index is 0.159. The maximum Gasteiger partial charge on any atom is 0.233 e. The molecule has 0 bridgehead atoms. The van der Waals surface area contributed by atoms with Gasteiger partial charge in [0.15, 0.2) is 0 Å². The fourth-order valence-corrected chi connectivity index (χ4v) is 3.15. The van der Waals surface area contributed by atoms with Gasteiger partial charge in [-0.2, -0.15) is 0 Å². The predicted molar refractivity (Wildman–Crippen MR) is 63.7 cm³/mol. The molecule has 84 valence electrons. The van der Waals surface area contributed by atoms with Gasteiger partial charge in [0, 0.05) is 24.0 Å². The lowest BCUT2D eigenvalue weighted by molar-refractivity contribution is 0.399. The van der Waals surface area contributed by atoms with E-state index in [2.05, 4.69) is 38.9 Å². The van der Waals surface area contributed by atoms with Crippen LogP contribution in [-0.2, 0) is 10.8 Å². The van der Waals surface area contributed by atoms with Crippen LogP contribution in [0.4, 0.5) is 0 Å². The maximum atomic E-state index is 4.72. The first-order valence-electron chi connectivity index (χ1n) is 5.75. The third kappa shape index (κ3) is 1.14. The summed E-state index contributed by atoms with van der Waals surface area (Å²) in [7, 11) is 0. The Morgan fingerprint density at radius 3 is 2.69 bits per heavy atom. The highest BCUT2D eigenvalue weighted by molar-refractivity contribution is 5.44. The first kappa shape index (κ1) is 9.82. The Labute approximate surface area is 95.5 Å². The SMILES string of the molecule is CC1(C)CC(C)(C)c2nc3nccn3cc21.